The van der Waals surface area contributed by atoms with Crippen molar-refractivity contribution < 1.29 is 14.2 Å². The van der Waals surface area contributed by atoms with Gasteiger partial charge in [-0.3, -0.25) is 4.57 Å². The average molecular weight is 550 g/mol. The lowest BCUT2D eigenvalue weighted by atomic mass is 10.2. The molecule has 3 heterocycles. The van der Waals surface area contributed by atoms with E-state index in [0.717, 1.165) is 50.1 Å². The largest absolute Gasteiger partial charge is 0.492 e. The van der Waals surface area contributed by atoms with Gasteiger partial charge in [-0.2, -0.15) is 9.97 Å². The third kappa shape index (κ3) is 7.95. The SMILES string of the molecule is CCCCOc1nc(N)c2[nH]c(=O)n(Cc3ccc(OCCCN(C)CCOc4cccc(CC)c4)nc3)c2n1. The molecule has 11 nitrogen and oxygen atoms in total. The van der Waals surface area contributed by atoms with Crippen LogP contribution in [0.25, 0.3) is 11.2 Å². The van der Waals surface area contributed by atoms with E-state index in [9.17, 15) is 4.79 Å². The van der Waals surface area contributed by atoms with Crippen molar-refractivity contribution >= 4 is 17.0 Å². The molecule has 0 aliphatic rings. The molecule has 4 rings (SSSR count). The highest BCUT2D eigenvalue weighted by Gasteiger charge is 2.15. The number of nitrogens with one attached hydrogen (secondary N) is 1. The van der Waals surface area contributed by atoms with Crippen molar-refractivity contribution in [3.05, 3.63) is 64.2 Å². The van der Waals surface area contributed by atoms with Crippen LogP contribution in [0.2, 0.25) is 0 Å². The molecule has 1 aromatic carbocycles. The zero-order valence-electron chi connectivity index (χ0n) is 23.6. The predicted octanol–water partition coefficient (Wildman–Crippen LogP) is 3.67. The number of likely N-dealkylation sites (N-methyl/N-ethyl adjacent to an activating group) is 1. The summed E-state index contributed by atoms with van der Waals surface area (Å²) in [5.41, 5.74) is 8.60. The molecule has 0 amide bonds. The molecule has 11 heteroatoms. The summed E-state index contributed by atoms with van der Waals surface area (Å²) in [5, 5.41) is 0. The molecule has 0 atom stereocenters. The molecule has 0 unspecified atom stereocenters. The Morgan fingerprint density at radius 2 is 1.82 bits per heavy atom. The van der Waals surface area contributed by atoms with Gasteiger partial charge in [-0.05, 0) is 49.6 Å². The number of nitrogen functional groups attached to an aromatic ring is 1. The number of nitrogens with two attached hydrogens (primary N) is 1. The van der Waals surface area contributed by atoms with E-state index in [1.54, 1.807) is 12.3 Å². The lowest BCUT2D eigenvalue weighted by Gasteiger charge is -2.17. The maximum atomic E-state index is 12.6. The van der Waals surface area contributed by atoms with Crippen LogP contribution in [0.15, 0.2) is 47.4 Å². The number of fused-ring (bicyclic) bond motifs is 1. The van der Waals surface area contributed by atoms with Gasteiger partial charge >= 0.3 is 11.7 Å². The van der Waals surface area contributed by atoms with Crippen molar-refractivity contribution in [3.8, 4) is 17.6 Å². The molecule has 0 radical (unpaired) electrons. The van der Waals surface area contributed by atoms with E-state index >= 15 is 0 Å². The Morgan fingerprint density at radius 1 is 0.975 bits per heavy atom. The number of aryl methyl sites for hydroxylation is 1. The van der Waals surface area contributed by atoms with Crippen LogP contribution in [0.5, 0.6) is 17.6 Å². The molecule has 214 valence electrons. The third-order valence-electron chi connectivity index (χ3n) is 6.48. The van der Waals surface area contributed by atoms with E-state index in [2.05, 4.69) is 57.9 Å². The van der Waals surface area contributed by atoms with E-state index in [-0.39, 0.29) is 24.1 Å². The van der Waals surface area contributed by atoms with Gasteiger partial charge in [-0.1, -0.05) is 38.5 Å². The van der Waals surface area contributed by atoms with E-state index in [1.165, 1.54) is 10.1 Å². The van der Waals surface area contributed by atoms with E-state index in [1.807, 2.05) is 18.2 Å². The number of nitrogens with zero attached hydrogens (tertiary/aromatic N) is 5. The fourth-order valence-corrected chi connectivity index (χ4v) is 4.12. The topological polar surface area (TPSA) is 133 Å². The maximum Gasteiger partial charge on any atom is 0.328 e. The lowest BCUT2D eigenvalue weighted by Crippen LogP contribution is -2.26. The van der Waals surface area contributed by atoms with Gasteiger partial charge in [0.15, 0.2) is 11.5 Å². The number of H-pyrrole nitrogens is 1. The summed E-state index contributed by atoms with van der Waals surface area (Å²) in [5.74, 6) is 1.63. The molecule has 0 saturated carbocycles. The van der Waals surface area contributed by atoms with Gasteiger partial charge in [0.25, 0.3) is 0 Å². The Balaban J connectivity index is 1.23. The van der Waals surface area contributed by atoms with Crippen molar-refractivity contribution in [2.75, 3.05) is 45.7 Å². The summed E-state index contributed by atoms with van der Waals surface area (Å²) in [4.78, 5) is 30.5. The van der Waals surface area contributed by atoms with Crippen molar-refractivity contribution in [1.29, 1.82) is 0 Å². The molecule has 40 heavy (non-hydrogen) atoms. The zero-order chi connectivity index (χ0) is 28.3. The molecular formula is C29H39N7O4. The van der Waals surface area contributed by atoms with E-state index in [4.69, 9.17) is 19.9 Å². The summed E-state index contributed by atoms with van der Waals surface area (Å²) in [7, 11) is 2.07. The molecule has 0 saturated heterocycles. The van der Waals surface area contributed by atoms with Crippen LogP contribution in [0.4, 0.5) is 5.82 Å². The fraction of sp³-hybridized carbons (Fsp3) is 0.448. The molecular weight excluding hydrogens is 510 g/mol. The maximum absolute atomic E-state index is 12.6. The van der Waals surface area contributed by atoms with Crippen LogP contribution in [-0.4, -0.2) is 69.4 Å². The Hall–Kier alpha value is -4.12. The first-order valence-corrected chi connectivity index (χ1v) is 13.8. The minimum atomic E-state index is -0.328. The first-order chi connectivity index (χ1) is 19.5. The number of unbranched alkanes of at least 4 members (excludes halogenated alkanes) is 1. The number of ether oxygens (including phenoxy) is 3. The molecule has 0 aliphatic carbocycles. The van der Waals surface area contributed by atoms with E-state index in [0.29, 0.717) is 36.9 Å². The predicted molar refractivity (Wildman–Crippen MR) is 155 cm³/mol. The zero-order valence-corrected chi connectivity index (χ0v) is 23.6. The van der Waals surface area contributed by atoms with Crippen molar-refractivity contribution in [2.24, 2.45) is 0 Å². The van der Waals surface area contributed by atoms with Crippen molar-refractivity contribution in [1.82, 2.24) is 29.4 Å². The monoisotopic (exact) mass is 549 g/mol. The van der Waals surface area contributed by atoms with Gasteiger partial charge in [0.1, 0.15) is 17.9 Å². The highest BCUT2D eigenvalue weighted by atomic mass is 16.5. The molecule has 3 N–H and O–H groups in total. The van der Waals surface area contributed by atoms with Gasteiger partial charge in [-0.15, -0.1) is 0 Å². The van der Waals surface area contributed by atoms with Crippen LogP contribution >= 0.6 is 0 Å². The highest BCUT2D eigenvalue weighted by Crippen LogP contribution is 2.19. The molecule has 0 aliphatic heterocycles. The summed E-state index contributed by atoms with van der Waals surface area (Å²) in [6, 6.07) is 12.1. The number of benzene rings is 1. The number of hydrogen-bond donors (Lipinski definition) is 2. The Bertz CT molecular complexity index is 1420. The number of aromatic amines is 1. The molecule has 0 spiro atoms. The quantitative estimate of drug-likeness (QED) is 0.201. The summed E-state index contributed by atoms with van der Waals surface area (Å²) >= 11 is 0. The highest BCUT2D eigenvalue weighted by molar-refractivity contribution is 5.81. The normalized spacial score (nSPS) is 11.3. The fourth-order valence-electron chi connectivity index (χ4n) is 4.12. The van der Waals surface area contributed by atoms with Gasteiger partial charge in [0, 0.05) is 25.4 Å². The average Bonchev–Trinajstić information content (AvgIpc) is 3.27. The van der Waals surface area contributed by atoms with Gasteiger partial charge in [0.2, 0.25) is 5.88 Å². The van der Waals surface area contributed by atoms with Crippen molar-refractivity contribution in [3.63, 3.8) is 0 Å². The van der Waals surface area contributed by atoms with Crippen molar-refractivity contribution in [2.45, 2.75) is 46.1 Å². The summed E-state index contributed by atoms with van der Waals surface area (Å²) in [6.45, 7) is 7.87. The first kappa shape index (κ1) is 28.9. The number of imidazole rings is 1. The third-order valence-corrected chi connectivity index (χ3v) is 6.48. The Kier molecular flexibility index (Phi) is 10.3. The van der Waals surface area contributed by atoms with Gasteiger partial charge < -0.3 is 29.8 Å². The smallest absolute Gasteiger partial charge is 0.328 e. The lowest BCUT2D eigenvalue weighted by molar-refractivity contribution is 0.217. The van der Waals surface area contributed by atoms with Crippen LogP contribution < -0.4 is 25.6 Å². The van der Waals surface area contributed by atoms with Gasteiger partial charge in [0.05, 0.1) is 19.8 Å². The number of aromatic nitrogens is 5. The summed E-state index contributed by atoms with van der Waals surface area (Å²) in [6.07, 6.45) is 5.42. The van der Waals surface area contributed by atoms with Gasteiger partial charge in [-0.25, -0.2) is 9.78 Å². The van der Waals surface area contributed by atoms with E-state index < -0.39 is 0 Å². The Morgan fingerprint density at radius 3 is 2.60 bits per heavy atom. The molecule has 0 bridgehead atoms. The number of pyridine rings is 1. The minimum absolute atomic E-state index is 0.160. The number of rotatable bonds is 16. The minimum Gasteiger partial charge on any atom is -0.492 e. The molecule has 3 aromatic heterocycles. The second-order valence-corrected chi connectivity index (χ2v) is 9.67. The van der Waals surface area contributed by atoms with Crippen LogP contribution in [0.3, 0.4) is 0 Å². The van der Waals surface area contributed by atoms with Crippen LogP contribution in [0, 0.1) is 0 Å². The summed E-state index contributed by atoms with van der Waals surface area (Å²) < 4.78 is 18.8. The Labute approximate surface area is 234 Å². The molecule has 4 aromatic rings. The standard InChI is InChI=1S/C29H39N7O4/c1-4-6-15-40-28-33-26(30)25-27(34-28)36(29(37)32-25)20-22-11-12-24(31-19-22)39-16-8-13-35(3)14-17-38-23-10-7-9-21(5-2)18-23/h7,9-12,18-19H,4-6,8,13-17,20H2,1-3H3,(H,32,37)(H2,30,33,34). The second kappa shape index (κ2) is 14.3. The molecule has 0 fully saturated rings. The first-order valence-electron chi connectivity index (χ1n) is 13.8. The number of anilines is 1. The second-order valence-electron chi connectivity index (χ2n) is 9.67. The van der Waals surface area contributed by atoms with Crippen LogP contribution in [0.1, 0.15) is 44.2 Å². The number of hydrogen-bond acceptors (Lipinski definition) is 9. The van der Waals surface area contributed by atoms with Crippen LogP contribution in [-0.2, 0) is 13.0 Å².